The SMILES string of the molecule is CC1C=C(c2ccccc2)C=CC1(Cl)c1n[nH]nc1C(=O)O. The van der Waals surface area contributed by atoms with Gasteiger partial charge in [0.25, 0.3) is 0 Å². The van der Waals surface area contributed by atoms with Crippen molar-refractivity contribution in [1.29, 1.82) is 0 Å². The molecular formula is C16H14ClN3O2. The minimum Gasteiger partial charge on any atom is -0.476 e. The van der Waals surface area contributed by atoms with Gasteiger partial charge in [0.2, 0.25) is 0 Å². The molecule has 0 saturated carbocycles. The molecule has 5 nitrogen and oxygen atoms in total. The fraction of sp³-hybridized carbons (Fsp3) is 0.188. The van der Waals surface area contributed by atoms with E-state index in [1.165, 1.54) is 0 Å². The largest absolute Gasteiger partial charge is 0.476 e. The Kier molecular flexibility index (Phi) is 3.58. The number of carbonyl (C=O) groups is 1. The van der Waals surface area contributed by atoms with Gasteiger partial charge in [0.05, 0.1) is 0 Å². The second-order valence-electron chi connectivity index (χ2n) is 5.20. The maximum absolute atomic E-state index is 11.2. The smallest absolute Gasteiger partial charge is 0.358 e. The van der Waals surface area contributed by atoms with Gasteiger partial charge in [0.1, 0.15) is 10.6 Å². The molecule has 2 atom stereocenters. The van der Waals surface area contributed by atoms with Crippen molar-refractivity contribution in [3.05, 3.63) is 65.5 Å². The third-order valence-corrected chi connectivity index (χ3v) is 4.47. The van der Waals surface area contributed by atoms with Crippen molar-refractivity contribution in [2.45, 2.75) is 11.8 Å². The van der Waals surface area contributed by atoms with Crippen molar-refractivity contribution in [3.63, 3.8) is 0 Å². The molecule has 1 aliphatic carbocycles. The van der Waals surface area contributed by atoms with E-state index < -0.39 is 10.8 Å². The average Bonchev–Trinajstić information content (AvgIpc) is 3.01. The molecule has 2 unspecified atom stereocenters. The number of halogens is 1. The second-order valence-corrected chi connectivity index (χ2v) is 5.83. The molecule has 0 fully saturated rings. The number of carboxylic acids is 1. The summed E-state index contributed by atoms with van der Waals surface area (Å²) in [5.41, 5.74) is 2.21. The maximum atomic E-state index is 11.2. The molecule has 0 aliphatic heterocycles. The number of aromatic amines is 1. The number of nitrogens with zero attached hydrogens (tertiary/aromatic N) is 2. The number of rotatable bonds is 3. The third kappa shape index (κ3) is 2.33. The van der Waals surface area contributed by atoms with Crippen LogP contribution in [0, 0.1) is 5.92 Å². The second kappa shape index (κ2) is 5.42. The summed E-state index contributed by atoms with van der Waals surface area (Å²) in [5.74, 6) is -1.29. The van der Waals surface area contributed by atoms with Gasteiger partial charge in [0, 0.05) is 5.92 Å². The van der Waals surface area contributed by atoms with E-state index in [9.17, 15) is 9.90 Å². The standard InChI is InChI=1S/C16H14ClN3O2/c1-10-9-12(11-5-3-2-4-6-11)7-8-16(10,17)14-13(15(21)22)18-20-19-14/h2-10H,1H3,(H,21,22)(H,18,19,20). The van der Waals surface area contributed by atoms with E-state index in [4.69, 9.17) is 11.6 Å². The summed E-state index contributed by atoms with van der Waals surface area (Å²) in [7, 11) is 0. The van der Waals surface area contributed by atoms with E-state index in [0.29, 0.717) is 0 Å². The van der Waals surface area contributed by atoms with Crippen LogP contribution in [0.2, 0.25) is 0 Å². The van der Waals surface area contributed by atoms with Crippen molar-refractivity contribution < 1.29 is 9.90 Å². The first-order chi connectivity index (χ1) is 10.5. The first-order valence-corrected chi connectivity index (χ1v) is 7.20. The number of benzene rings is 1. The van der Waals surface area contributed by atoms with Crippen LogP contribution in [0.3, 0.4) is 0 Å². The monoisotopic (exact) mass is 315 g/mol. The van der Waals surface area contributed by atoms with E-state index >= 15 is 0 Å². The number of carboxylic acid groups (broad SMARTS) is 1. The molecule has 0 bridgehead atoms. The van der Waals surface area contributed by atoms with Crippen LogP contribution in [0.25, 0.3) is 5.57 Å². The van der Waals surface area contributed by atoms with E-state index in [0.717, 1.165) is 11.1 Å². The molecule has 1 aromatic carbocycles. The quantitative estimate of drug-likeness (QED) is 0.852. The number of aromatic carboxylic acids is 1. The van der Waals surface area contributed by atoms with Crippen LogP contribution >= 0.6 is 11.6 Å². The summed E-state index contributed by atoms with van der Waals surface area (Å²) in [4.78, 5) is 10.2. The van der Waals surface area contributed by atoms with E-state index in [1.54, 1.807) is 6.08 Å². The summed E-state index contributed by atoms with van der Waals surface area (Å²) in [6.45, 7) is 1.93. The normalized spacial score (nSPS) is 24.1. The zero-order valence-electron chi connectivity index (χ0n) is 11.8. The minimum absolute atomic E-state index is 0.141. The first-order valence-electron chi connectivity index (χ1n) is 6.82. The van der Waals surface area contributed by atoms with E-state index in [2.05, 4.69) is 15.4 Å². The Bertz CT molecular complexity index is 767. The Labute approximate surface area is 132 Å². The molecule has 1 aliphatic rings. The Morgan fingerprint density at radius 3 is 2.68 bits per heavy atom. The molecule has 0 amide bonds. The van der Waals surface area contributed by atoms with Gasteiger partial charge in [-0.25, -0.2) is 4.79 Å². The highest BCUT2D eigenvalue weighted by Gasteiger charge is 2.40. The number of hydrogen-bond donors (Lipinski definition) is 2. The number of aromatic nitrogens is 3. The number of alkyl halides is 1. The summed E-state index contributed by atoms with van der Waals surface area (Å²) < 4.78 is 0. The summed E-state index contributed by atoms with van der Waals surface area (Å²) in [5, 5.41) is 19.2. The lowest BCUT2D eigenvalue weighted by Crippen LogP contribution is -2.28. The molecule has 6 heteroatoms. The molecule has 112 valence electrons. The lowest BCUT2D eigenvalue weighted by atomic mass is 9.82. The third-order valence-electron chi connectivity index (χ3n) is 3.82. The Hall–Kier alpha value is -2.40. The zero-order chi connectivity index (χ0) is 15.7. The van der Waals surface area contributed by atoms with E-state index in [1.807, 2.05) is 49.4 Å². The lowest BCUT2D eigenvalue weighted by molar-refractivity contribution is 0.0688. The fourth-order valence-corrected chi connectivity index (χ4v) is 2.83. The molecule has 0 spiro atoms. The van der Waals surface area contributed by atoms with Gasteiger partial charge in [-0.2, -0.15) is 10.3 Å². The molecule has 2 aromatic rings. The highest BCUT2D eigenvalue weighted by atomic mass is 35.5. The average molecular weight is 316 g/mol. The number of hydrogen-bond acceptors (Lipinski definition) is 3. The van der Waals surface area contributed by atoms with Gasteiger partial charge in [-0.1, -0.05) is 55.5 Å². The number of H-pyrrole nitrogens is 1. The van der Waals surface area contributed by atoms with Gasteiger partial charge in [-0.15, -0.1) is 16.7 Å². The van der Waals surface area contributed by atoms with Crippen LogP contribution in [0.5, 0.6) is 0 Å². The van der Waals surface area contributed by atoms with Crippen molar-refractivity contribution >= 4 is 23.1 Å². The highest BCUT2D eigenvalue weighted by molar-refractivity contribution is 6.26. The van der Waals surface area contributed by atoms with Crippen molar-refractivity contribution in [1.82, 2.24) is 15.4 Å². The molecule has 22 heavy (non-hydrogen) atoms. The molecule has 2 N–H and O–H groups in total. The van der Waals surface area contributed by atoms with Gasteiger partial charge < -0.3 is 5.11 Å². The fourth-order valence-electron chi connectivity index (χ4n) is 2.57. The van der Waals surface area contributed by atoms with E-state index in [-0.39, 0.29) is 17.3 Å². The molecule has 3 rings (SSSR count). The Morgan fingerprint density at radius 2 is 2.05 bits per heavy atom. The summed E-state index contributed by atoms with van der Waals surface area (Å²) >= 11 is 6.68. The molecular weight excluding hydrogens is 302 g/mol. The number of allylic oxidation sites excluding steroid dienone is 4. The van der Waals surface area contributed by atoms with Crippen molar-refractivity contribution in [2.75, 3.05) is 0 Å². The van der Waals surface area contributed by atoms with Crippen LogP contribution in [-0.2, 0) is 4.87 Å². The van der Waals surface area contributed by atoms with Gasteiger partial charge in [0.15, 0.2) is 5.69 Å². The van der Waals surface area contributed by atoms with Crippen LogP contribution in [0.4, 0.5) is 0 Å². The summed E-state index contributed by atoms with van der Waals surface area (Å²) in [6.07, 6.45) is 5.69. The maximum Gasteiger partial charge on any atom is 0.358 e. The first kappa shape index (κ1) is 14.5. The Morgan fingerprint density at radius 1 is 1.32 bits per heavy atom. The van der Waals surface area contributed by atoms with Gasteiger partial charge in [-0.05, 0) is 11.1 Å². The van der Waals surface area contributed by atoms with Gasteiger partial charge in [-0.3, -0.25) is 0 Å². The predicted octanol–water partition coefficient (Wildman–Crippen LogP) is 3.23. The van der Waals surface area contributed by atoms with Crippen molar-refractivity contribution in [2.24, 2.45) is 5.92 Å². The lowest BCUT2D eigenvalue weighted by Gasteiger charge is -2.30. The van der Waals surface area contributed by atoms with Crippen LogP contribution in [-0.4, -0.2) is 26.5 Å². The topological polar surface area (TPSA) is 78.9 Å². The van der Waals surface area contributed by atoms with Crippen LogP contribution in [0.15, 0.2) is 48.6 Å². The minimum atomic E-state index is -1.15. The van der Waals surface area contributed by atoms with Crippen LogP contribution < -0.4 is 0 Å². The van der Waals surface area contributed by atoms with Gasteiger partial charge >= 0.3 is 5.97 Å². The number of nitrogens with one attached hydrogen (secondary N) is 1. The molecule has 0 radical (unpaired) electrons. The molecule has 0 saturated heterocycles. The highest BCUT2D eigenvalue weighted by Crippen LogP contribution is 2.43. The Balaban J connectivity index is 1.99. The van der Waals surface area contributed by atoms with Crippen molar-refractivity contribution in [3.8, 4) is 0 Å². The summed E-state index contributed by atoms with van der Waals surface area (Å²) in [6, 6.07) is 9.93. The van der Waals surface area contributed by atoms with Crippen LogP contribution in [0.1, 0.15) is 28.7 Å². The predicted molar refractivity (Wildman–Crippen MR) is 83.6 cm³/mol. The molecule has 1 aromatic heterocycles. The molecule has 1 heterocycles. The zero-order valence-corrected chi connectivity index (χ0v) is 12.6.